The summed E-state index contributed by atoms with van der Waals surface area (Å²) in [5.41, 5.74) is 4.96. The normalized spacial score (nSPS) is 17.1. The Hall–Kier alpha value is -2.76. The first-order valence-corrected chi connectivity index (χ1v) is 13.8. The number of hydrogen-bond acceptors (Lipinski definition) is 7. The Bertz CT molecular complexity index is 1030. The molecule has 1 atom stereocenters. The number of nitriles is 1. The molecule has 3 aliphatic rings. The minimum absolute atomic E-state index is 0.154. The predicted molar refractivity (Wildman–Crippen MR) is 150 cm³/mol. The van der Waals surface area contributed by atoms with Crippen LogP contribution >= 0.6 is 0 Å². The maximum atomic E-state index is 12.7. The summed E-state index contributed by atoms with van der Waals surface area (Å²) in [4.78, 5) is 14.8. The smallest absolute Gasteiger partial charge is 0.135 e. The van der Waals surface area contributed by atoms with Crippen molar-refractivity contribution in [2.24, 2.45) is 0 Å². The van der Waals surface area contributed by atoms with Crippen LogP contribution in [-0.2, 0) is 19.3 Å². The molecule has 1 fully saturated rings. The van der Waals surface area contributed by atoms with Gasteiger partial charge in [0.2, 0.25) is 0 Å². The Morgan fingerprint density at radius 1 is 1.08 bits per heavy atom. The lowest BCUT2D eigenvalue weighted by molar-refractivity contribution is 0.360. The molecule has 7 nitrogen and oxygen atoms in total. The highest BCUT2D eigenvalue weighted by molar-refractivity contribution is 5.53. The number of benzene rings is 1. The monoisotopic (exact) mass is 509 g/mol. The highest BCUT2D eigenvalue weighted by Crippen LogP contribution is 2.30. The van der Waals surface area contributed by atoms with Crippen molar-refractivity contribution in [3.63, 3.8) is 0 Å². The van der Waals surface area contributed by atoms with E-state index in [2.05, 4.69) is 41.5 Å². The predicted octanol–water partition coefficient (Wildman–Crippen LogP) is 4.53. The number of nitrogens with one attached hydrogen (secondary N) is 2. The molecule has 0 radical (unpaired) electrons. The summed E-state index contributed by atoms with van der Waals surface area (Å²) < 4.78 is 12.7. The molecular formula is C29H44FN7. The average molecular weight is 510 g/mol. The summed E-state index contributed by atoms with van der Waals surface area (Å²) in [7, 11) is 4.27. The molecule has 2 N–H and O–H groups in total. The molecule has 5 rings (SSSR count). The summed E-state index contributed by atoms with van der Waals surface area (Å²) in [5.74, 6) is 2.58. The van der Waals surface area contributed by atoms with Crippen LogP contribution in [0.4, 0.5) is 15.9 Å². The largest absolute Gasteiger partial charge is 0.385 e. The van der Waals surface area contributed by atoms with Crippen molar-refractivity contribution in [3.05, 3.63) is 46.7 Å². The molecule has 1 saturated heterocycles. The average Bonchev–Trinajstić information content (AvgIpc) is 2.92. The van der Waals surface area contributed by atoms with E-state index in [-0.39, 0.29) is 5.82 Å². The molecule has 3 heterocycles. The van der Waals surface area contributed by atoms with Crippen LogP contribution in [0.5, 0.6) is 0 Å². The van der Waals surface area contributed by atoms with E-state index >= 15 is 0 Å². The van der Waals surface area contributed by atoms with Crippen molar-refractivity contribution in [3.8, 4) is 6.07 Å². The van der Waals surface area contributed by atoms with Crippen molar-refractivity contribution >= 4 is 11.5 Å². The number of piperazine rings is 1. The zero-order chi connectivity index (χ0) is 26.6. The molecule has 1 aromatic heterocycles. The number of nitrogens with zero attached hydrogens (tertiary/aromatic N) is 5. The Kier molecular flexibility index (Phi) is 11.6. The van der Waals surface area contributed by atoms with Gasteiger partial charge in [-0.2, -0.15) is 5.26 Å². The van der Waals surface area contributed by atoms with Gasteiger partial charge in [-0.25, -0.2) is 14.4 Å². The van der Waals surface area contributed by atoms with Crippen LogP contribution in [-0.4, -0.2) is 68.2 Å². The summed E-state index contributed by atoms with van der Waals surface area (Å²) in [6, 6.07) is 6.69. The molecule has 37 heavy (non-hydrogen) atoms. The second-order valence-electron chi connectivity index (χ2n) is 10.2. The Morgan fingerprint density at radius 2 is 1.81 bits per heavy atom. The fraction of sp³-hybridized carbons (Fsp3) is 0.621. The molecule has 1 aromatic carbocycles. The lowest BCUT2D eigenvalue weighted by Crippen LogP contribution is -2.44. The van der Waals surface area contributed by atoms with Crippen LogP contribution in [0, 0.1) is 17.1 Å². The summed E-state index contributed by atoms with van der Waals surface area (Å²) in [6.45, 7) is 9.92. The molecular weight excluding hydrogens is 465 g/mol. The third-order valence-corrected chi connectivity index (χ3v) is 7.05. The number of likely N-dealkylation sites (N-methyl/N-ethyl adjacent to an activating group) is 1. The van der Waals surface area contributed by atoms with Crippen LogP contribution in [0.25, 0.3) is 0 Å². The van der Waals surface area contributed by atoms with E-state index in [1.54, 1.807) is 12.1 Å². The third kappa shape index (κ3) is 8.37. The van der Waals surface area contributed by atoms with E-state index in [0.29, 0.717) is 5.92 Å². The van der Waals surface area contributed by atoms with Gasteiger partial charge in [0.15, 0.2) is 0 Å². The van der Waals surface area contributed by atoms with E-state index < -0.39 is 0 Å². The Labute approximate surface area is 222 Å². The molecule has 202 valence electrons. The molecule has 0 saturated carbocycles. The molecule has 0 bridgehead atoms. The van der Waals surface area contributed by atoms with Gasteiger partial charge in [0.25, 0.3) is 0 Å². The fourth-order valence-electron chi connectivity index (χ4n) is 5.18. The quantitative estimate of drug-likeness (QED) is 0.613. The number of aryl methyl sites for hydroxylation is 2. The van der Waals surface area contributed by atoms with E-state index in [9.17, 15) is 4.39 Å². The minimum atomic E-state index is -0.154. The maximum Gasteiger partial charge on any atom is 0.135 e. The molecule has 1 unspecified atom stereocenters. The minimum Gasteiger partial charge on any atom is -0.385 e. The number of rotatable bonds is 5. The SMILES string of the molecule is CC#N.CCC(CN(C)C)c1nc2c(c(N3CCNCC3)n1)CCCC2.Fc1ccc2c(c1)NCCC2. The van der Waals surface area contributed by atoms with Crippen molar-refractivity contribution in [2.75, 3.05) is 63.6 Å². The lowest BCUT2D eigenvalue weighted by Gasteiger charge is -2.32. The van der Waals surface area contributed by atoms with Crippen molar-refractivity contribution in [1.29, 1.82) is 5.26 Å². The third-order valence-electron chi connectivity index (χ3n) is 7.05. The van der Waals surface area contributed by atoms with Gasteiger partial charge in [0, 0.05) is 69.1 Å². The summed E-state index contributed by atoms with van der Waals surface area (Å²) in [6.07, 6.45) is 8.15. The Morgan fingerprint density at radius 3 is 2.51 bits per heavy atom. The second-order valence-corrected chi connectivity index (χ2v) is 10.2. The van der Waals surface area contributed by atoms with E-state index in [1.807, 2.05) is 6.07 Å². The molecule has 1 aliphatic carbocycles. The molecule has 0 spiro atoms. The van der Waals surface area contributed by atoms with Gasteiger partial charge in [-0.05, 0) is 76.7 Å². The van der Waals surface area contributed by atoms with Gasteiger partial charge >= 0.3 is 0 Å². The van der Waals surface area contributed by atoms with Crippen LogP contribution in [0.1, 0.15) is 68.1 Å². The molecule has 8 heteroatoms. The maximum absolute atomic E-state index is 12.7. The van der Waals surface area contributed by atoms with Crippen LogP contribution in [0.3, 0.4) is 0 Å². The van der Waals surface area contributed by atoms with Gasteiger partial charge in [-0.15, -0.1) is 0 Å². The first-order valence-electron chi connectivity index (χ1n) is 13.8. The van der Waals surface area contributed by atoms with Gasteiger partial charge in [-0.1, -0.05) is 13.0 Å². The topological polar surface area (TPSA) is 80.1 Å². The number of fused-ring (bicyclic) bond motifs is 2. The number of halogens is 1. The zero-order valence-electron chi connectivity index (χ0n) is 23.1. The van der Waals surface area contributed by atoms with E-state index in [4.69, 9.17) is 15.2 Å². The van der Waals surface area contributed by atoms with E-state index in [1.165, 1.54) is 48.5 Å². The van der Waals surface area contributed by atoms with Crippen molar-refractivity contribution in [1.82, 2.24) is 20.2 Å². The van der Waals surface area contributed by atoms with Crippen LogP contribution in [0.2, 0.25) is 0 Å². The zero-order valence-corrected chi connectivity index (χ0v) is 23.1. The van der Waals surface area contributed by atoms with Gasteiger partial charge in [-0.3, -0.25) is 0 Å². The number of hydrogen-bond donors (Lipinski definition) is 2. The van der Waals surface area contributed by atoms with Crippen molar-refractivity contribution in [2.45, 2.75) is 64.7 Å². The highest BCUT2D eigenvalue weighted by Gasteiger charge is 2.25. The van der Waals surface area contributed by atoms with Gasteiger partial charge < -0.3 is 20.4 Å². The Balaban J connectivity index is 0.000000225. The molecule has 0 amide bonds. The molecule has 2 aliphatic heterocycles. The number of anilines is 2. The standard InChI is InChI=1S/C18H31N5.C9H10FN.C2H3N/c1-4-14(13-22(2)3)17-20-16-8-6-5-7-15(16)18(21-17)23-11-9-19-10-12-23;10-8-4-3-7-2-1-5-11-9(7)6-8;1-2-3/h14,19H,4-13H2,1-3H3;3-4,6,11H,1-2,5H2;1H3. The molecule has 2 aromatic rings. The van der Waals surface area contributed by atoms with Crippen LogP contribution < -0.4 is 15.5 Å². The number of aromatic nitrogens is 2. The fourth-order valence-corrected chi connectivity index (χ4v) is 5.18. The van der Waals surface area contributed by atoms with Gasteiger partial charge in [0.1, 0.15) is 17.5 Å². The van der Waals surface area contributed by atoms with Crippen molar-refractivity contribution < 1.29 is 4.39 Å². The lowest BCUT2D eigenvalue weighted by atomic mass is 9.95. The first kappa shape index (κ1) is 28.8. The first-order chi connectivity index (χ1) is 18.0. The van der Waals surface area contributed by atoms with Gasteiger partial charge in [0.05, 0.1) is 6.07 Å². The summed E-state index contributed by atoms with van der Waals surface area (Å²) in [5, 5.41) is 13.9. The van der Waals surface area contributed by atoms with Crippen LogP contribution in [0.15, 0.2) is 18.2 Å². The van der Waals surface area contributed by atoms with E-state index in [0.717, 1.165) is 82.9 Å². The second kappa shape index (κ2) is 14.8. The highest BCUT2D eigenvalue weighted by atomic mass is 19.1. The summed E-state index contributed by atoms with van der Waals surface area (Å²) >= 11 is 0.